The van der Waals surface area contributed by atoms with Crippen LogP contribution in [0.3, 0.4) is 0 Å². The van der Waals surface area contributed by atoms with Crippen LogP contribution in [0.2, 0.25) is 0 Å². The van der Waals surface area contributed by atoms with Crippen LogP contribution in [0.4, 0.5) is 0 Å². The first-order chi connectivity index (χ1) is 14.7. The first-order valence-corrected chi connectivity index (χ1v) is 12.3. The van der Waals surface area contributed by atoms with Crippen LogP contribution in [0.1, 0.15) is 104 Å². The van der Waals surface area contributed by atoms with E-state index in [1.165, 1.54) is 51.4 Å². The summed E-state index contributed by atoms with van der Waals surface area (Å²) in [6, 6.07) is 0. The molecule has 0 saturated heterocycles. The van der Waals surface area contributed by atoms with Crippen LogP contribution in [0, 0.1) is 5.92 Å². The maximum absolute atomic E-state index is 11.9. The quantitative estimate of drug-likeness (QED) is 0.134. The van der Waals surface area contributed by atoms with Gasteiger partial charge in [-0.3, -0.25) is 4.79 Å². The molecule has 6 heteroatoms. The molecule has 0 aliphatic heterocycles. The minimum atomic E-state index is -0.419. The van der Waals surface area contributed by atoms with Crippen LogP contribution < -0.4 is 0 Å². The zero-order valence-electron chi connectivity index (χ0n) is 19.6. The molecule has 0 rings (SSSR count). The molecule has 0 fully saturated rings. The molecule has 0 aliphatic rings. The third-order valence-electron chi connectivity index (χ3n) is 5.18. The first kappa shape index (κ1) is 29.3. The lowest BCUT2D eigenvalue weighted by atomic mass is 10.1. The van der Waals surface area contributed by atoms with Crippen molar-refractivity contribution in [3.05, 3.63) is 0 Å². The van der Waals surface area contributed by atoms with E-state index < -0.39 is 5.92 Å². The Morgan fingerprint density at radius 1 is 0.733 bits per heavy atom. The van der Waals surface area contributed by atoms with Gasteiger partial charge in [0.05, 0.1) is 26.2 Å². The van der Waals surface area contributed by atoms with Gasteiger partial charge >= 0.3 is 5.97 Å². The second-order valence-corrected chi connectivity index (χ2v) is 8.16. The molecule has 0 spiro atoms. The van der Waals surface area contributed by atoms with E-state index in [0.717, 1.165) is 25.7 Å². The second kappa shape index (κ2) is 23.0. The van der Waals surface area contributed by atoms with Crippen molar-refractivity contribution in [2.75, 3.05) is 33.0 Å². The number of esters is 1. The summed E-state index contributed by atoms with van der Waals surface area (Å²) in [7, 11) is 0. The van der Waals surface area contributed by atoms with E-state index in [4.69, 9.17) is 24.4 Å². The molecule has 0 bridgehead atoms. The zero-order valence-corrected chi connectivity index (χ0v) is 19.6. The van der Waals surface area contributed by atoms with Crippen molar-refractivity contribution in [3.63, 3.8) is 0 Å². The average Bonchev–Trinajstić information content (AvgIpc) is 2.76. The van der Waals surface area contributed by atoms with Crippen molar-refractivity contribution in [1.82, 2.24) is 0 Å². The normalized spacial score (nSPS) is 11.5. The van der Waals surface area contributed by atoms with Gasteiger partial charge in [0.15, 0.2) is 6.29 Å². The SMILES string of the molecule is CCCCCCCCOC(CCC(=O)OCC(CO)CO)OCCCCCCCC. The molecule has 0 aromatic carbocycles. The van der Waals surface area contributed by atoms with Gasteiger partial charge in [0.2, 0.25) is 0 Å². The Morgan fingerprint density at radius 3 is 1.67 bits per heavy atom. The lowest BCUT2D eigenvalue weighted by Crippen LogP contribution is -2.23. The molecule has 180 valence electrons. The minimum Gasteiger partial charge on any atom is -0.465 e. The number of hydrogen-bond donors (Lipinski definition) is 2. The Labute approximate surface area is 184 Å². The summed E-state index contributed by atoms with van der Waals surface area (Å²) in [5.41, 5.74) is 0. The van der Waals surface area contributed by atoms with Crippen LogP contribution in [-0.4, -0.2) is 55.5 Å². The van der Waals surface area contributed by atoms with E-state index in [0.29, 0.717) is 19.6 Å². The predicted molar refractivity (Wildman–Crippen MR) is 120 cm³/mol. The highest BCUT2D eigenvalue weighted by atomic mass is 16.7. The molecule has 0 amide bonds. The molecule has 0 aromatic heterocycles. The van der Waals surface area contributed by atoms with E-state index in [1.807, 2.05) is 0 Å². The largest absolute Gasteiger partial charge is 0.465 e. The number of carbonyl (C=O) groups excluding carboxylic acids is 1. The van der Waals surface area contributed by atoms with Crippen molar-refractivity contribution in [2.24, 2.45) is 5.92 Å². The molecular weight excluding hydrogens is 384 g/mol. The topological polar surface area (TPSA) is 85.2 Å². The third-order valence-corrected chi connectivity index (χ3v) is 5.18. The van der Waals surface area contributed by atoms with Gasteiger partial charge in [0.1, 0.15) is 0 Å². The van der Waals surface area contributed by atoms with Gasteiger partial charge in [0, 0.05) is 25.6 Å². The fourth-order valence-electron chi connectivity index (χ4n) is 3.09. The highest BCUT2D eigenvalue weighted by Crippen LogP contribution is 2.12. The second-order valence-electron chi connectivity index (χ2n) is 8.16. The standard InChI is InChI=1S/C24H48O6/c1-3-5-7-9-11-13-17-28-24(29-18-14-12-10-8-6-4-2)16-15-23(27)30-21-22(19-25)20-26/h22,24-26H,3-21H2,1-2H3. The van der Waals surface area contributed by atoms with Crippen molar-refractivity contribution >= 4 is 5.97 Å². The molecule has 0 aromatic rings. The fourth-order valence-corrected chi connectivity index (χ4v) is 3.09. The van der Waals surface area contributed by atoms with E-state index in [2.05, 4.69) is 13.8 Å². The van der Waals surface area contributed by atoms with Crippen molar-refractivity contribution in [1.29, 1.82) is 0 Å². The lowest BCUT2D eigenvalue weighted by Gasteiger charge is -2.19. The van der Waals surface area contributed by atoms with Gasteiger partial charge in [-0.25, -0.2) is 0 Å². The monoisotopic (exact) mass is 432 g/mol. The maximum atomic E-state index is 11.9. The number of carbonyl (C=O) groups is 1. The molecule has 0 heterocycles. The van der Waals surface area contributed by atoms with Crippen LogP contribution in [0.25, 0.3) is 0 Å². The van der Waals surface area contributed by atoms with E-state index in [-0.39, 0.29) is 38.5 Å². The molecule has 0 radical (unpaired) electrons. The third kappa shape index (κ3) is 19.3. The smallest absolute Gasteiger partial charge is 0.305 e. The Balaban J connectivity index is 4.10. The summed E-state index contributed by atoms with van der Waals surface area (Å²) >= 11 is 0. The van der Waals surface area contributed by atoms with Crippen LogP contribution >= 0.6 is 0 Å². The van der Waals surface area contributed by atoms with Gasteiger partial charge in [-0.05, 0) is 12.8 Å². The molecule has 0 unspecified atom stereocenters. The van der Waals surface area contributed by atoms with Crippen LogP contribution in [0.15, 0.2) is 0 Å². The van der Waals surface area contributed by atoms with Crippen molar-refractivity contribution in [2.45, 2.75) is 110 Å². The maximum Gasteiger partial charge on any atom is 0.305 e. The molecule has 0 saturated carbocycles. The van der Waals surface area contributed by atoms with E-state index in [9.17, 15) is 4.79 Å². The Bertz CT molecular complexity index is 342. The number of aliphatic hydroxyl groups is 2. The number of unbranched alkanes of at least 4 members (excludes halogenated alkanes) is 10. The lowest BCUT2D eigenvalue weighted by molar-refractivity contribution is -0.160. The Morgan fingerprint density at radius 2 is 1.20 bits per heavy atom. The highest BCUT2D eigenvalue weighted by molar-refractivity contribution is 5.69. The molecule has 0 atom stereocenters. The molecule has 30 heavy (non-hydrogen) atoms. The zero-order chi connectivity index (χ0) is 22.3. The average molecular weight is 433 g/mol. The van der Waals surface area contributed by atoms with Gasteiger partial charge in [-0.1, -0.05) is 78.1 Å². The summed E-state index contributed by atoms with van der Waals surface area (Å²) in [6.45, 7) is 5.37. The predicted octanol–water partition coefficient (Wildman–Crippen LogP) is 4.99. The summed E-state index contributed by atoms with van der Waals surface area (Å²) in [5.74, 6) is -0.768. The summed E-state index contributed by atoms with van der Waals surface area (Å²) in [5, 5.41) is 18.1. The summed E-state index contributed by atoms with van der Waals surface area (Å²) in [6.07, 6.45) is 14.8. The summed E-state index contributed by atoms with van der Waals surface area (Å²) in [4.78, 5) is 11.9. The van der Waals surface area contributed by atoms with E-state index in [1.54, 1.807) is 0 Å². The summed E-state index contributed by atoms with van der Waals surface area (Å²) < 4.78 is 16.9. The number of ether oxygens (including phenoxy) is 3. The van der Waals surface area contributed by atoms with Crippen molar-refractivity contribution < 1.29 is 29.2 Å². The van der Waals surface area contributed by atoms with Crippen molar-refractivity contribution in [3.8, 4) is 0 Å². The van der Waals surface area contributed by atoms with Gasteiger partial charge in [-0.2, -0.15) is 0 Å². The number of hydrogen-bond acceptors (Lipinski definition) is 6. The molecule has 0 aliphatic carbocycles. The molecule has 6 nitrogen and oxygen atoms in total. The first-order valence-electron chi connectivity index (χ1n) is 12.3. The fraction of sp³-hybridized carbons (Fsp3) is 0.958. The number of aliphatic hydroxyl groups excluding tert-OH is 2. The van der Waals surface area contributed by atoms with Gasteiger partial charge in [-0.15, -0.1) is 0 Å². The Kier molecular flexibility index (Phi) is 22.5. The number of rotatable bonds is 23. The van der Waals surface area contributed by atoms with Gasteiger partial charge < -0.3 is 24.4 Å². The Hall–Kier alpha value is -0.690. The van der Waals surface area contributed by atoms with Gasteiger partial charge in [0.25, 0.3) is 0 Å². The van der Waals surface area contributed by atoms with Crippen LogP contribution in [-0.2, 0) is 19.0 Å². The highest BCUT2D eigenvalue weighted by Gasteiger charge is 2.15. The van der Waals surface area contributed by atoms with Crippen LogP contribution in [0.5, 0.6) is 0 Å². The molecule has 2 N–H and O–H groups in total. The minimum absolute atomic E-state index is 0.0355. The van der Waals surface area contributed by atoms with E-state index >= 15 is 0 Å². The molecular formula is C24H48O6.